The van der Waals surface area contributed by atoms with E-state index in [0.29, 0.717) is 6.42 Å². The topological polar surface area (TPSA) is 50.1 Å². The van der Waals surface area contributed by atoms with Crippen LogP contribution in [0, 0.1) is 17.1 Å². The van der Waals surface area contributed by atoms with E-state index in [9.17, 15) is 9.18 Å². The molecule has 0 spiro atoms. The van der Waals surface area contributed by atoms with Crippen molar-refractivity contribution >= 4 is 5.97 Å². The summed E-state index contributed by atoms with van der Waals surface area (Å²) < 4.78 is 17.9. The molecule has 4 heteroatoms. The van der Waals surface area contributed by atoms with Crippen molar-refractivity contribution in [2.24, 2.45) is 0 Å². The van der Waals surface area contributed by atoms with Crippen LogP contribution in [0.1, 0.15) is 30.1 Å². The van der Waals surface area contributed by atoms with Crippen LogP contribution in [0.4, 0.5) is 4.39 Å². The van der Waals surface area contributed by atoms with E-state index in [0.717, 1.165) is 6.07 Å². The number of carbonyl (C=O) groups excluding carboxylic acids is 1. The molecular weight excluding hydrogens is 209 g/mol. The number of benzene rings is 1. The summed E-state index contributed by atoms with van der Waals surface area (Å²) in [6.45, 7) is 1.82. The lowest BCUT2D eigenvalue weighted by atomic mass is 10.2. The molecule has 0 heterocycles. The van der Waals surface area contributed by atoms with Crippen molar-refractivity contribution in [1.29, 1.82) is 5.26 Å². The molecule has 1 aromatic carbocycles. The first kappa shape index (κ1) is 12.2. The van der Waals surface area contributed by atoms with Crippen LogP contribution in [-0.4, -0.2) is 12.1 Å². The van der Waals surface area contributed by atoms with Gasteiger partial charge in [0, 0.05) is 0 Å². The van der Waals surface area contributed by atoms with E-state index in [1.54, 1.807) is 0 Å². The normalized spacial score (nSPS) is 11.6. The van der Waals surface area contributed by atoms with E-state index in [4.69, 9.17) is 10.00 Å². The molecule has 1 atom stereocenters. The Balaban J connectivity index is 2.68. The molecule has 3 nitrogen and oxygen atoms in total. The van der Waals surface area contributed by atoms with Gasteiger partial charge in [0.05, 0.1) is 18.1 Å². The first-order chi connectivity index (χ1) is 7.67. The van der Waals surface area contributed by atoms with Gasteiger partial charge in [0.15, 0.2) is 0 Å². The molecule has 0 N–H and O–H groups in total. The van der Waals surface area contributed by atoms with Crippen molar-refractivity contribution in [3.63, 3.8) is 0 Å². The first-order valence-corrected chi connectivity index (χ1v) is 5.01. The van der Waals surface area contributed by atoms with Crippen LogP contribution in [0.25, 0.3) is 0 Å². The molecule has 84 valence electrons. The van der Waals surface area contributed by atoms with Crippen molar-refractivity contribution in [3.8, 4) is 6.07 Å². The highest BCUT2D eigenvalue weighted by atomic mass is 19.1. The molecule has 1 rings (SSSR count). The minimum Gasteiger partial charge on any atom is -0.458 e. The largest absolute Gasteiger partial charge is 0.458 e. The summed E-state index contributed by atoms with van der Waals surface area (Å²) in [6, 6.07) is 7.22. The first-order valence-electron chi connectivity index (χ1n) is 5.01. The van der Waals surface area contributed by atoms with Gasteiger partial charge in [-0.15, -0.1) is 0 Å². The summed E-state index contributed by atoms with van der Waals surface area (Å²) in [6.07, 6.45) is 0.285. The fourth-order valence-corrected chi connectivity index (χ4v) is 1.21. The average Bonchev–Trinajstić information content (AvgIpc) is 2.28. The zero-order chi connectivity index (χ0) is 12.0. The van der Waals surface area contributed by atoms with Gasteiger partial charge in [0.25, 0.3) is 0 Å². The minimum atomic E-state index is -0.596. The smallest absolute Gasteiger partial charge is 0.338 e. The van der Waals surface area contributed by atoms with Gasteiger partial charge in [-0.05, 0) is 24.6 Å². The lowest BCUT2D eigenvalue weighted by Crippen LogP contribution is -2.17. The molecular formula is C12H12FNO2. The van der Waals surface area contributed by atoms with E-state index in [1.807, 2.05) is 13.0 Å². The molecule has 0 aliphatic heterocycles. The summed E-state index contributed by atoms with van der Waals surface area (Å²) in [7, 11) is 0. The number of halogens is 1. The fraction of sp³-hybridized carbons (Fsp3) is 0.333. The highest BCUT2D eigenvalue weighted by Crippen LogP contribution is 2.10. The number of carbonyl (C=O) groups is 1. The Morgan fingerprint density at radius 2 is 2.38 bits per heavy atom. The van der Waals surface area contributed by atoms with Gasteiger partial charge in [0.1, 0.15) is 11.9 Å². The molecule has 0 aromatic heterocycles. The molecule has 0 fully saturated rings. The van der Waals surface area contributed by atoms with E-state index < -0.39 is 17.9 Å². The summed E-state index contributed by atoms with van der Waals surface area (Å²) in [5.74, 6) is -1.08. The van der Waals surface area contributed by atoms with Crippen LogP contribution < -0.4 is 0 Å². The summed E-state index contributed by atoms with van der Waals surface area (Å²) >= 11 is 0. The van der Waals surface area contributed by atoms with Gasteiger partial charge < -0.3 is 4.74 Å². The maximum absolute atomic E-state index is 12.8. The Hall–Kier alpha value is -1.89. The second kappa shape index (κ2) is 5.86. The maximum atomic E-state index is 12.8. The van der Waals surface area contributed by atoms with Gasteiger partial charge in [0.2, 0.25) is 0 Å². The van der Waals surface area contributed by atoms with E-state index in [2.05, 4.69) is 0 Å². The minimum absolute atomic E-state index is 0.150. The number of ether oxygens (including phenoxy) is 1. The number of hydrogen-bond acceptors (Lipinski definition) is 3. The summed E-state index contributed by atoms with van der Waals surface area (Å²) in [5.41, 5.74) is 0.163. The maximum Gasteiger partial charge on any atom is 0.338 e. The zero-order valence-corrected chi connectivity index (χ0v) is 8.94. The van der Waals surface area contributed by atoms with Crippen LogP contribution in [0.5, 0.6) is 0 Å². The molecule has 16 heavy (non-hydrogen) atoms. The van der Waals surface area contributed by atoms with E-state index >= 15 is 0 Å². The number of esters is 1. The van der Waals surface area contributed by atoms with Crippen LogP contribution in [0.3, 0.4) is 0 Å². The summed E-state index contributed by atoms with van der Waals surface area (Å²) in [4.78, 5) is 11.5. The van der Waals surface area contributed by atoms with E-state index in [-0.39, 0.29) is 12.0 Å². The lowest BCUT2D eigenvalue weighted by molar-refractivity contribution is 0.0303. The highest BCUT2D eigenvalue weighted by molar-refractivity contribution is 5.89. The molecule has 0 saturated heterocycles. The zero-order valence-electron chi connectivity index (χ0n) is 8.94. The van der Waals surface area contributed by atoms with Crippen LogP contribution in [-0.2, 0) is 4.74 Å². The number of nitrogens with zero attached hydrogens (tertiary/aromatic N) is 1. The molecule has 0 saturated carbocycles. The standard InChI is InChI=1S/C12H12FNO2/c1-2-11(6-7-14)16-12(15)9-4-3-5-10(13)8-9/h3-5,8,11H,2,6H2,1H3. The molecule has 1 aromatic rings. The van der Waals surface area contributed by atoms with Crippen LogP contribution in [0.2, 0.25) is 0 Å². The van der Waals surface area contributed by atoms with Crippen molar-refractivity contribution in [2.75, 3.05) is 0 Å². The van der Waals surface area contributed by atoms with Gasteiger partial charge in [-0.25, -0.2) is 9.18 Å². The number of hydrogen-bond donors (Lipinski definition) is 0. The van der Waals surface area contributed by atoms with Gasteiger partial charge >= 0.3 is 5.97 Å². The predicted octanol–water partition coefficient (Wildman–Crippen LogP) is 2.67. The number of nitriles is 1. The Morgan fingerprint density at radius 1 is 1.62 bits per heavy atom. The Kier molecular flexibility index (Phi) is 4.46. The monoisotopic (exact) mass is 221 g/mol. The Morgan fingerprint density at radius 3 is 2.94 bits per heavy atom. The van der Waals surface area contributed by atoms with Crippen molar-refractivity contribution in [2.45, 2.75) is 25.9 Å². The highest BCUT2D eigenvalue weighted by Gasteiger charge is 2.14. The second-order valence-corrected chi connectivity index (χ2v) is 3.31. The predicted molar refractivity (Wildman–Crippen MR) is 56.1 cm³/mol. The van der Waals surface area contributed by atoms with Crippen LogP contribution in [0.15, 0.2) is 24.3 Å². The third-order valence-electron chi connectivity index (χ3n) is 2.11. The van der Waals surface area contributed by atoms with Gasteiger partial charge in [-0.1, -0.05) is 13.0 Å². The molecule has 0 aliphatic carbocycles. The Bertz CT molecular complexity index is 412. The van der Waals surface area contributed by atoms with Crippen molar-refractivity contribution in [3.05, 3.63) is 35.6 Å². The lowest BCUT2D eigenvalue weighted by Gasteiger charge is -2.12. The average molecular weight is 221 g/mol. The molecule has 1 unspecified atom stereocenters. The van der Waals surface area contributed by atoms with Crippen LogP contribution >= 0.6 is 0 Å². The van der Waals surface area contributed by atoms with Gasteiger partial charge in [-0.2, -0.15) is 5.26 Å². The number of rotatable bonds is 4. The molecule has 0 radical (unpaired) electrons. The molecule has 0 amide bonds. The molecule has 0 aliphatic rings. The fourth-order valence-electron chi connectivity index (χ4n) is 1.21. The quantitative estimate of drug-likeness (QED) is 0.734. The van der Waals surface area contributed by atoms with Crippen molar-refractivity contribution < 1.29 is 13.9 Å². The van der Waals surface area contributed by atoms with Crippen molar-refractivity contribution in [1.82, 2.24) is 0 Å². The van der Waals surface area contributed by atoms with E-state index in [1.165, 1.54) is 18.2 Å². The third kappa shape index (κ3) is 3.35. The SMILES string of the molecule is CCC(CC#N)OC(=O)c1cccc(F)c1. The third-order valence-corrected chi connectivity index (χ3v) is 2.11. The molecule has 0 bridgehead atoms. The Labute approximate surface area is 93.5 Å². The second-order valence-electron chi connectivity index (χ2n) is 3.31. The van der Waals surface area contributed by atoms with Gasteiger partial charge in [-0.3, -0.25) is 0 Å². The summed E-state index contributed by atoms with van der Waals surface area (Å²) in [5, 5.41) is 8.49.